The van der Waals surface area contributed by atoms with E-state index in [0.29, 0.717) is 16.3 Å². The maximum atomic E-state index is 12.3. The quantitative estimate of drug-likeness (QED) is 0.665. The summed E-state index contributed by atoms with van der Waals surface area (Å²) in [6.07, 6.45) is 2.47. The molecule has 1 N–H and O–H groups in total. The number of nitrogens with zero attached hydrogens (tertiary/aromatic N) is 1. The minimum Gasteiger partial charge on any atom is -0.337 e. The van der Waals surface area contributed by atoms with Crippen molar-refractivity contribution in [1.82, 2.24) is 4.57 Å². The lowest BCUT2D eigenvalue weighted by Gasteiger charge is -2.08. The summed E-state index contributed by atoms with van der Waals surface area (Å²) >= 11 is 9.43. The number of halogens is 2. The molecule has 0 aliphatic carbocycles. The van der Waals surface area contributed by atoms with Gasteiger partial charge in [0.2, 0.25) is 5.91 Å². The molecule has 1 aromatic heterocycles. The SMILES string of the molecule is O=Cc1cn(CC(=O)Nc2ccccc2Cl)c2ccc(Br)cc12. The number of aldehydes is 1. The van der Waals surface area contributed by atoms with E-state index in [2.05, 4.69) is 21.2 Å². The highest BCUT2D eigenvalue weighted by molar-refractivity contribution is 9.10. The van der Waals surface area contributed by atoms with Crippen LogP contribution in [0.4, 0.5) is 5.69 Å². The van der Waals surface area contributed by atoms with Gasteiger partial charge in [-0.1, -0.05) is 39.7 Å². The number of fused-ring (bicyclic) bond motifs is 1. The Hall–Kier alpha value is -2.11. The summed E-state index contributed by atoms with van der Waals surface area (Å²) in [4.78, 5) is 23.5. The number of para-hydroxylation sites is 1. The molecule has 2 aromatic carbocycles. The maximum absolute atomic E-state index is 12.3. The van der Waals surface area contributed by atoms with Crippen molar-refractivity contribution in [2.75, 3.05) is 5.32 Å². The lowest BCUT2D eigenvalue weighted by atomic mass is 10.2. The van der Waals surface area contributed by atoms with Crippen LogP contribution in [0, 0.1) is 0 Å². The number of amides is 1. The largest absolute Gasteiger partial charge is 0.337 e. The summed E-state index contributed by atoms with van der Waals surface area (Å²) in [6.45, 7) is 0.0944. The molecule has 3 aromatic rings. The van der Waals surface area contributed by atoms with Crippen LogP contribution in [0.3, 0.4) is 0 Å². The summed E-state index contributed by atoms with van der Waals surface area (Å²) in [5, 5.41) is 4.06. The van der Waals surface area contributed by atoms with Gasteiger partial charge in [-0.25, -0.2) is 0 Å². The molecule has 0 bridgehead atoms. The van der Waals surface area contributed by atoms with Gasteiger partial charge in [-0.15, -0.1) is 0 Å². The molecule has 0 unspecified atom stereocenters. The van der Waals surface area contributed by atoms with Crippen LogP contribution in [0.5, 0.6) is 0 Å². The molecular formula is C17H12BrClN2O2. The number of rotatable bonds is 4. The summed E-state index contributed by atoms with van der Waals surface area (Å²) in [6, 6.07) is 12.7. The third-order valence-corrected chi connectivity index (χ3v) is 4.29. The first kappa shape index (κ1) is 15.8. The van der Waals surface area contributed by atoms with Crippen LogP contribution in [-0.4, -0.2) is 16.8 Å². The molecule has 6 heteroatoms. The molecular weight excluding hydrogens is 380 g/mol. The van der Waals surface area contributed by atoms with Gasteiger partial charge in [0.15, 0.2) is 6.29 Å². The molecule has 4 nitrogen and oxygen atoms in total. The second-order valence-electron chi connectivity index (χ2n) is 5.02. The van der Waals surface area contributed by atoms with Crippen molar-refractivity contribution >= 4 is 56.3 Å². The number of carbonyl (C=O) groups excluding carboxylic acids is 2. The van der Waals surface area contributed by atoms with Gasteiger partial charge in [0, 0.05) is 27.1 Å². The van der Waals surface area contributed by atoms with Gasteiger partial charge in [-0.2, -0.15) is 0 Å². The molecule has 0 saturated heterocycles. The third kappa shape index (κ3) is 3.30. The first-order chi connectivity index (χ1) is 11.1. The van der Waals surface area contributed by atoms with E-state index in [1.165, 1.54) is 0 Å². The Morgan fingerprint density at radius 1 is 1.26 bits per heavy atom. The highest BCUT2D eigenvalue weighted by Crippen LogP contribution is 2.25. The van der Waals surface area contributed by atoms with Crippen LogP contribution in [-0.2, 0) is 11.3 Å². The van der Waals surface area contributed by atoms with Crippen molar-refractivity contribution in [1.29, 1.82) is 0 Å². The van der Waals surface area contributed by atoms with E-state index in [-0.39, 0.29) is 12.5 Å². The topological polar surface area (TPSA) is 51.1 Å². The standard InChI is InChI=1S/C17H12BrClN2O2/c18-12-5-6-16-13(7-12)11(10-22)8-21(16)9-17(23)20-15-4-2-1-3-14(15)19/h1-8,10H,9H2,(H,20,23). The first-order valence-electron chi connectivity index (χ1n) is 6.86. The summed E-state index contributed by atoms with van der Waals surface area (Å²) in [7, 11) is 0. The van der Waals surface area contributed by atoms with Gasteiger partial charge in [-0.05, 0) is 30.3 Å². The Balaban J connectivity index is 1.88. The number of hydrogen-bond acceptors (Lipinski definition) is 2. The molecule has 0 atom stereocenters. The fraction of sp³-hybridized carbons (Fsp3) is 0.0588. The monoisotopic (exact) mass is 390 g/mol. The van der Waals surface area contributed by atoms with E-state index < -0.39 is 0 Å². The molecule has 0 fully saturated rings. The molecule has 0 radical (unpaired) electrons. The average molecular weight is 392 g/mol. The molecule has 1 amide bonds. The Labute approximate surface area is 146 Å². The highest BCUT2D eigenvalue weighted by Gasteiger charge is 2.12. The van der Waals surface area contributed by atoms with E-state index in [1.807, 2.05) is 18.2 Å². The second-order valence-corrected chi connectivity index (χ2v) is 6.34. The van der Waals surface area contributed by atoms with Crippen molar-refractivity contribution in [3.05, 3.63) is 63.7 Å². The van der Waals surface area contributed by atoms with Gasteiger partial charge in [0.05, 0.1) is 10.7 Å². The molecule has 1 heterocycles. The molecule has 0 spiro atoms. The number of benzene rings is 2. The fourth-order valence-electron chi connectivity index (χ4n) is 2.43. The van der Waals surface area contributed by atoms with Crippen LogP contribution in [0.2, 0.25) is 5.02 Å². The Bertz CT molecular complexity index is 905. The minimum absolute atomic E-state index is 0.0944. The van der Waals surface area contributed by atoms with Crippen molar-refractivity contribution in [2.24, 2.45) is 0 Å². The van der Waals surface area contributed by atoms with Crippen LogP contribution in [0.1, 0.15) is 10.4 Å². The number of nitrogens with one attached hydrogen (secondary N) is 1. The fourth-order valence-corrected chi connectivity index (χ4v) is 2.97. The van der Waals surface area contributed by atoms with Crippen LogP contribution in [0.25, 0.3) is 10.9 Å². The van der Waals surface area contributed by atoms with Gasteiger partial charge in [0.25, 0.3) is 0 Å². The second kappa shape index (κ2) is 6.56. The van der Waals surface area contributed by atoms with Crippen molar-refractivity contribution in [3.8, 4) is 0 Å². The number of hydrogen-bond donors (Lipinski definition) is 1. The van der Waals surface area contributed by atoms with E-state index in [9.17, 15) is 9.59 Å². The Morgan fingerprint density at radius 2 is 2.04 bits per heavy atom. The van der Waals surface area contributed by atoms with E-state index >= 15 is 0 Å². The zero-order chi connectivity index (χ0) is 16.4. The Morgan fingerprint density at radius 3 is 2.78 bits per heavy atom. The zero-order valence-electron chi connectivity index (χ0n) is 11.9. The van der Waals surface area contributed by atoms with Crippen molar-refractivity contribution in [2.45, 2.75) is 6.54 Å². The summed E-state index contributed by atoms with van der Waals surface area (Å²) < 4.78 is 2.63. The first-order valence-corrected chi connectivity index (χ1v) is 8.03. The summed E-state index contributed by atoms with van der Waals surface area (Å²) in [5.74, 6) is -0.213. The van der Waals surface area contributed by atoms with Crippen molar-refractivity contribution < 1.29 is 9.59 Å². The molecule has 3 rings (SSSR count). The molecule has 0 aliphatic rings. The lowest BCUT2D eigenvalue weighted by Crippen LogP contribution is -2.18. The van der Waals surface area contributed by atoms with E-state index in [4.69, 9.17) is 11.6 Å². The predicted molar refractivity (Wildman–Crippen MR) is 95.1 cm³/mol. The highest BCUT2D eigenvalue weighted by atomic mass is 79.9. The van der Waals surface area contributed by atoms with Crippen LogP contribution >= 0.6 is 27.5 Å². The molecule has 0 saturated carbocycles. The van der Waals surface area contributed by atoms with Gasteiger partial charge in [0.1, 0.15) is 6.54 Å². The number of anilines is 1. The zero-order valence-corrected chi connectivity index (χ0v) is 14.3. The van der Waals surface area contributed by atoms with Crippen molar-refractivity contribution in [3.63, 3.8) is 0 Å². The smallest absolute Gasteiger partial charge is 0.244 e. The summed E-state index contributed by atoms with van der Waals surface area (Å²) in [5.41, 5.74) is 1.94. The maximum Gasteiger partial charge on any atom is 0.244 e. The Kier molecular flexibility index (Phi) is 4.50. The minimum atomic E-state index is -0.213. The van der Waals surface area contributed by atoms with Gasteiger partial charge in [-0.3, -0.25) is 9.59 Å². The normalized spacial score (nSPS) is 10.7. The molecule has 23 heavy (non-hydrogen) atoms. The predicted octanol–water partition coefficient (Wildman–Crippen LogP) is 4.51. The van der Waals surface area contributed by atoms with E-state index in [1.54, 1.807) is 35.0 Å². The van der Waals surface area contributed by atoms with Crippen LogP contribution < -0.4 is 5.32 Å². The van der Waals surface area contributed by atoms with Crippen LogP contribution in [0.15, 0.2) is 53.1 Å². The number of aromatic nitrogens is 1. The average Bonchev–Trinajstić information content (AvgIpc) is 2.86. The third-order valence-electron chi connectivity index (χ3n) is 3.46. The van der Waals surface area contributed by atoms with Gasteiger partial charge >= 0.3 is 0 Å². The van der Waals surface area contributed by atoms with E-state index in [0.717, 1.165) is 21.7 Å². The number of carbonyl (C=O) groups is 2. The molecule has 0 aliphatic heterocycles. The van der Waals surface area contributed by atoms with Gasteiger partial charge < -0.3 is 9.88 Å². The lowest BCUT2D eigenvalue weighted by molar-refractivity contribution is -0.116. The molecule has 116 valence electrons.